The summed E-state index contributed by atoms with van der Waals surface area (Å²) in [5.41, 5.74) is 2.69. The summed E-state index contributed by atoms with van der Waals surface area (Å²) in [4.78, 5) is 109. The number of fused-ring (bicyclic) bond motifs is 5. The van der Waals surface area contributed by atoms with Gasteiger partial charge in [0.05, 0.1) is 74.8 Å². The van der Waals surface area contributed by atoms with E-state index in [0.717, 1.165) is 17.5 Å². The van der Waals surface area contributed by atoms with Crippen LogP contribution in [0, 0.1) is 29.4 Å². The Labute approximate surface area is 523 Å². The second-order valence-electron chi connectivity index (χ2n) is 23.3. The van der Waals surface area contributed by atoms with Gasteiger partial charge < -0.3 is 69.7 Å². The molecule has 5 amide bonds. The van der Waals surface area contributed by atoms with Crippen molar-refractivity contribution in [1.82, 2.24) is 20.9 Å². The minimum absolute atomic E-state index is 0.0238. The fourth-order valence-corrected chi connectivity index (χ4v) is 11.2. The molecule has 3 aliphatic rings. The number of urea groups is 1. The number of benzene rings is 2. The fourth-order valence-electron chi connectivity index (χ4n) is 10.6. The zero-order valence-corrected chi connectivity index (χ0v) is 53.5. The number of hydrogen-bond donors (Lipinski definition) is 5. The van der Waals surface area contributed by atoms with E-state index in [9.17, 15) is 43.5 Å². The number of nitrogens with zero attached hydrogens (tertiary/aromatic N) is 2. The lowest BCUT2D eigenvalue weighted by atomic mass is 9.78. The Hall–Kier alpha value is -6.48. The number of ether oxygens (including phenoxy) is 7. The number of methoxy groups -OCH3 is 2. The van der Waals surface area contributed by atoms with Crippen molar-refractivity contribution in [3.05, 3.63) is 81.4 Å². The van der Waals surface area contributed by atoms with Gasteiger partial charge in [-0.1, -0.05) is 68.4 Å². The molecule has 0 aliphatic carbocycles. The van der Waals surface area contributed by atoms with Crippen molar-refractivity contribution in [2.24, 2.45) is 23.5 Å². The van der Waals surface area contributed by atoms with Crippen LogP contribution in [0.15, 0.2) is 48.1 Å². The van der Waals surface area contributed by atoms with Crippen LogP contribution >= 0.6 is 23.8 Å². The Bertz CT molecular complexity index is 2950. The molecule has 3 aliphatic heterocycles. The number of primary amides is 1. The summed E-state index contributed by atoms with van der Waals surface area (Å²) in [6, 6.07) is 1.15. The van der Waals surface area contributed by atoms with Crippen molar-refractivity contribution in [2.75, 3.05) is 72.7 Å². The van der Waals surface area contributed by atoms with Crippen molar-refractivity contribution in [2.45, 2.75) is 154 Å². The molecule has 22 nitrogen and oxygen atoms in total. The van der Waals surface area contributed by atoms with Gasteiger partial charge in [0, 0.05) is 71.8 Å². The van der Waals surface area contributed by atoms with E-state index in [1.165, 1.54) is 40.0 Å². The van der Waals surface area contributed by atoms with E-state index < -0.39 is 137 Å². The van der Waals surface area contributed by atoms with Crippen LogP contribution in [0.2, 0.25) is 5.02 Å². The van der Waals surface area contributed by atoms with E-state index in [2.05, 4.69) is 16.0 Å². The monoisotopic (exact) mass is 1270 g/mol. The summed E-state index contributed by atoms with van der Waals surface area (Å²) >= 11 is 12.4. The first-order chi connectivity index (χ1) is 41.4. The summed E-state index contributed by atoms with van der Waals surface area (Å²) in [7, 11) is 5.49. The van der Waals surface area contributed by atoms with Crippen LogP contribution in [0.4, 0.5) is 19.3 Å². The van der Waals surface area contributed by atoms with Gasteiger partial charge in [-0.05, 0) is 88.3 Å². The number of anilines is 1. The molecule has 26 heteroatoms. The highest BCUT2D eigenvalue weighted by atomic mass is 35.5. The molecule has 0 radical (unpaired) electrons. The number of carbonyl (C=O) groups excluding carboxylic acids is 8. The Morgan fingerprint density at radius 2 is 1.69 bits per heavy atom. The van der Waals surface area contributed by atoms with Crippen LogP contribution in [0.3, 0.4) is 0 Å². The van der Waals surface area contributed by atoms with Crippen LogP contribution in [0.25, 0.3) is 0 Å². The molecule has 0 saturated carbocycles. The molecular weight excluding hydrogens is 1190 g/mol. The molecule has 6 N–H and O–H groups in total. The first-order valence-electron chi connectivity index (χ1n) is 29.3. The predicted octanol–water partition coefficient (Wildman–Crippen LogP) is 5.99. The molecule has 0 aromatic heterocycles. The molecule has 2 aromatic rings. The molecule has 2 fully saturated rings. The molecule has 5 rings (SSSR count). The van der Waals surface area contributed by atoms with Gasteiger partial charge in [-0.3, -0.25) is 28.8 Å². The number of hydrogen-bond acceptors (Lipinski definition) is 17. The number of nitrogens with one attached hydrogen (secondary N) is 3. The number of carbonyl (C=O) groups is 8. The Morgan fingerprint density at radius 3 is 2.34 bits per heavy atom. The van der Waals surface area contributed by atoms with Gasteiger partial charge in [-0.15, -0.1) is 0 Å². The van der Waals surface area contributed by atoms with Crippen LogP contribution in [0.5, 0.6) is 5.75 Å². The molecule has 0 spiro atoms. The van der Waals surface area contributed by atoms with Gasteiger partial charge >= 0.3 is 18.0 Å². The average Bonchev–Trinajstić information content (AvgIpc) is 1.94. The number of amides is 5. The summed E-state index contributed by atoms with van der Waals surface area (Å²) in [6.45, 7) is 13.1. The number of likely N-dealkylation sites (N-methyl/N-ethyl adjacent to an activating group) is 1. The number of rotatable bonds is 27. The molecule has 4 bridgehead atoms. The normalized spacial score (nSPS) is 24.1. The second kappa shape index (κ2) is 32.8. The van der Waals surface area contributed by atoms with Crippen molar-refractivity contribution >= 4 is 81.8 Å². The van der Waals surface area contributed by atoms with E-state index in [1.807, 2.05) is 13.0 Å². The highest BCUT2D eigenvalue weighted by Crippen LogP contribution is 2.50. The van der Waals surface area contributed by atoms with Crippen molar-refractivity contribution < 1.29 is 85.4 Å². The maximum absolute atomic E-state index is 16.2. The van der Waals surface area contributed by atoms with Gasteiger partial charge in [0.25, 0.3) is 5.91 Å². The lowest BCUT2D eigenvalue weighted by Crippen LogP contribution is -2.53. The third-order valence-electron chi connectivity index (χ3n) is 16.2. The zero-order chi connectivity index (χ0) is 65.4. The number of epoxide rings is 1. The number of thiocarbonyl (C=S) groups is 1. The minimum atomic E-state index is -1.71. The van der Waals surface area contributed by atoms with E-state index in [1.54, 1.807) is 52.0 Å². The average molecular weight is 1280 g/mol. The minimum Gasteiger partial charge on any atom is -0.495 e. The second-order valence-corrected chi connectivity index (χ2v) is 24.1. The number of halogens is 3. The topological polar surface area (TPSA) is 293 Å². The maximum Gasteiger partial charge on any atom is 0.328 e. The number of nitrogens with two attached hydrogens (primary N) is 1. The summed E-state index contributed by atoms with van der Waals surface area (Å²) < 4.78 is 72.8. The molecular formula is C62H85ClF2N6O16S. The molecule has 0 unspecified atom stereocenters. The quantitative estimate of drug-likeness (QED) is 0.0297. The zero-order valence-electron chi connectivity index (χ0n) is 51.9. The maximum atomic E-state index is 16.2. The van der Waals surface area contributed by atoms with E-state index in [0.29, 0.717) is 61.9 Å². The van der Waals surface area contributed by atoms with Gasteiger partial charge in [-0.25, -0.2) is 18.4 Å². The Morgan fingerprint density at radius 1 is 1.00 bits per heavy atom. The van der Waals surface area contributed by atoms with Crippen LogP contribution in [0.1, 0.15) is 115 Å². The van der Waals surface area contributed by atoms with E-state index in [-0.39, 0.29) is 73.4 Å². The van der Waals surface area contributed by atoms with Gasteiger partial charge in [-0.2, -0.15) is 0 Å². The summed E-state index contributed by atoms with van der Waals surface area (Å²) in [5.74, 6) is -8.51. The molecule has 3 heterocycles. The standard InChI is InChI=1S/C62H85ClF2N6O16S/c1-34(2)41(30-52(88)67-19-21-84-23-22-83-20-17-36(4)72)57(76)69-45(15-13-18-68-60(66)79)47(73)28-40-27-44(65)42(29-43(40)64)58(77)70(8)38(6)59(78)86-51-31-53(74)71(9)46-25-39(26-48(81-10)55(46)63)24-35(3)14-12-16-50(82-11)62(80)32-49(85-54(75)33-62)37(5)56-61(51,7)87-56/h12,14,16,25-27,29,34,37-38,41,45,49-51,56,80H,13,15,17-24,28,30-33H2,1-11H3,(H,67,88)(H,69,76)(H3,66,68,79)/b16-12+,35-14+/t37-,38+,41+,45+,49+,50-,51+,56+,61+,62-/m1/s1. The number of aliphatic hydroxyl groups is 1. The van der Waals surface area contributed by atoms with E-state index in [4.69, 9.17) is 62.7 Å². The molecule has 486 valence electrons. The van der Waals surface area contributed by atoms with Crippen molar-refractivity contribution in [3.63, 3.8) is 0 Å². The largest absolute Gasteiger partial charge is 0.495 e. The lowest BCUT2D eigenvalue weighted by molar-refractivity contribution is -0.187. The fraction of sp³-hybridized carbons (Fsp3) is 0.597. The highest BCUT2D eigenvalue weighted by Gasteiger charge is 2.64. The summed E-state index contributed by atoms with van der Waals surface area (Å²) in [5, 5.41) is 20.4. The number of allylic oxidation sites excluding steroid dienone is 3. The highest BCUT2D eigenvalue weighted by molar-refractivity contribution is 7.80. The van der Waals surface area contributed by atoms with E-state index >= 15 is 8.78 Å². The van der Waals surface area contributed by atoms with Crippen LogP contribution in [-0.4, -0.2) is 178 Å². The third kappa shape index (κ3) is 19.8. The Balaban J connectivity index is 1.33. The van der Waals surface area contributed by atoms with Crippen LogP contribution in [-0.2, 0) is 70.0 Å². The van der Waals surface area contributed by atoms with Crippen LogP contribution < -0.4 is 31.3 Å². The first kappa shape index (κ1) is 72.3. The molecule has 88 heavy (non-hydrogen) atoms. The van der Waals surface area contributed by atoms with Crippen molar-refractivity contribution in [1.29, 1.82) is 0 Å². The summed E-state index contributed by atoms with van der Waals surface area (Å²) in [6.07, 6.45) is 0.306. The van der Waals surface area contributed by atoms with Gasteiger partial charge in [0.1, 0.15) is 63.7 Å². The number of esters is 2. The van der Waals surface area contributed by atoms with Gasteiger partial charge in [0.15, 0.2) is 5.78 Å². The third-order valence-corrected chi connectivity index (χ3v) is 16.9. The van der Waals surface area contributed by atoms with Gasteiger partial charge in [0.2, 0.25) is 11.8 Å². The molecule has 2 saturated heterocycles. The predicted molar refractivity (Wildman–Crippen MR) is 326 cm³/mol. The Kier molecular flexibility index (Phi) is 27.0. The molecule has 2 aromatic carbocycles. The molecule has 10 atom stereocenters. The lowest BCUT2D eigenvalue weighted by Gasteiger charge is -2.41. The number of ketones is 2. The first-order valence-corrected chi connectivity index (χ1v) is 30.1. The van der Waals surface area contributed by atoms with Crippen molar-refractivity contribution in [3.8, 4) is 5.75 Å². The SMILES string of the molecule is COc1cc2cc(c1Cl)N(C)C(=O)C[C@H](OC(=O)[C@H](C)N(C)C(=O)c1cc(F)c(CC(=O)[C@H](CCCNC(N)=O)NC(=O)[C@@H](CC(=S)NCCOCCOCCC(C)=O)C(C)C)cc1F)[C@]1(C)O[C@H]1[C@H](C)[C@@H]1C[C@@](O)(CC(=O)O1)[C@H](OC)/C=C/C=C(\C)C2. The smallest absolute Gasteiger partial charge is 0.328 e. The number of Topliss-reactive ketones (excluding diaryl/α,β-unsaturated/α-hetero) is 2.